The summed E-state index contributed by atoms with van der Waals surface area (Å²) in [5.41, 5.74) is 6.35. The standard InChI is InChI=1S/C29H33N3O2/c1-4-8-28(32-17-15-31(16-18-32)25-11-7-9-20(2)21(25)3)30-29(33)22-13-14-27-24(19-22)23-10-5-6-12-26(23)34-27/h5-7,9-14,19,28H,4,8,15-18H2,1-3H3,(H,30,33). The number of anilines is 1. The van der Waals surface area contributed by atoms with Crippen LogP contribution in [0.4, 0.5) is 5.69 Å². The molecule has 1 saturated heterocycles. The van der Waals surface area contributed by atoms with Gasteiger partial charge in [0.15, 0.2) is 0 Å². The van der Waals surface area contributed by atoms with E-state index in [0.29, 0.717) is 5.56 Å². The summed E-state index contributed by atoms with van der Waals surface area (Å²) in [6.45, 7) is 10.4. The highest BCUT2D eigenvalue weighted by Gasteiger charge is 2.26. The van der Waals surface area contributed by atoms with Crippen molar-refractivity contribution in [3.05, 3.63) is 77.4 Å². The van der Waals surface area contributed by atoms with Crippen molar-refractivity contribution in [3.63, 3.8) is 0 Å². The number of para-hydroxylation sites is 1. The van der Waals surface area contributed by atoms with Crippen LogP contribution in [-0.2, 0) is 0 Å². The number of nitrogens with one attached hydrogen (secondary N) is 1. The highest BCUT2D eigenvalue weighted by atomic mass is 16.3. The highest BCUT2D eigenvalue weighted by Crippen LogP contribution is 2.29. The summed E-state index contributed by atoms with van der Waals surface area (Å²) in [6.07, 6.45) is 2.00. The Morgan fingerprint density at radius 2 is 1.71 bits per heavy atom. The summed E-state index contributed by atoms with van der Waals surface area (Å²) < 4.78 is 5.92. The lowest BCUT2D eigenvalue weighted by molar-refractivity contribution is 0.0824. The number of hydrogen-bond acceptors (Lipinski definition) is 4. The molecule has 1 aliphatic rings. The molecule has 0 aliphatic carbocycles. The molecule has 0 bridgehead atoms. The molecule has 1 fully saturated rings. The molecule has 1 N–H and O–H groups in total. The molecule has 1 amide bonds. The zero-order valence-corrected chi connectivity index (χ0v) is 20.3. The molecule has 0 saturated carbocycles. The number of nitrogens with zero attached hydrogens (tertiary/aromatic N) is 2. The number of piperazine rings is 1. The van der Waals surface area contributed by atoms with E-state index in [2.05, 4.69) is 54.1 Å². The monoisotopic (exact) mass is 455 g/mol. The Labute approximate surface area is 201 Å². The van der Waals surface area contributed by atoms with Gasteiger partial charge in [-0.2, -0.15) is 0 Å². The van der Waals surface area contributed by atoms with Crippen LogP contribution in [0, 0.1) is 13.8 Å². The minimum atomic E-state index is -0.0254. The summed E-state index contributed by atoms with van der Waals surface area (Å²) in [7, 11) is 0. The Morgan fingerprint density at radius 3 is 2.50 bits per heavy atom. The third-order valence-electron chi connectivity index (χ3n) is 7.17. The van der Waals surface area contributed by atoms with Gasteiger partial charge in [-0.3, -0.25) is 9.69 Å². The first-order valence-electron chi connectivity index (χ1n) is 12.3. The minimum absolute atomic E-state index is 0.0254. The van der Waals surface area contributed by atoms with Crippen LogP contribution in [0.25, 0.3) is 21.9 Å². The molecule has 1 unspecified atom stereocenters. The van der Waals surface area contributed by atoms with Crippen LogP contribution in [0.3, 0.4) is 0 Å². The van der Waals surface area contributed by atoms with Crippen molar-refractivity contribution in [3.8, 4) is 0 Å². The predicted molar refractivity (Wildman–Crippen MR) is 140 cm³/mol. The molecule has 4 aromatic rings. The molecular weight excluding hydrogens is 422 g/mol. The quantitative estimate of drug-likeness (QED) is 0.394. The fourth-order valence-electron chi connectivity index (χ4n) is 5.07. The highest BCUT2D eigenvalue weighted by molar-refractivity contribution is 6.08. The molecule has 5 nitrogen and oxygen atoms in total. The van der Waals surface area contributed by atoms with Crippen LogP contribution in [0.5, 0.6) is 0 Å². The number of fused-ring (bicyclic) bond motifs is 3. The van der Waals surface area contributed by atoms with Gasteiger partial charge in [0.2, 0.25) is 0 Å². The lowest BCUT2D eigenvalue weighted by Gasteiger charge is -2.41. The summed E-state index contributed by atoms with van der Waals surface area (Å²) in [5, 5.41) is 5.35. The van der Waals surface area contributed by atoms with Gasteiger partial charge in [-0.05, 0) is 61.7 Å². The van der Waals surface area contributed by atoms with E-state index in [1.54, 1.807) is 0 Å². The first-order valence-corrected chi connectivity index (χ1v) is 12.3. The third-order valence-corrected chi connectivity index (χ3v) is 7.17. The van der Waals surface area contributed by atoms with Gasteiger partial charge in [0.25, 0.3) is 5.91 Å². The lowest BCUT2D eigenvalue weighted by atomic mass is 10.1. The summed E-state index contributed by atoms with van der Waals surface area (Å²) in [4.78, 5) is 18.2. The Kier molecular flexibility index (Phi) is 6.29. The van der Waals surface area contributed by atoms with E-state index in [1.807, 2.05) is 42.5 Å². The van der Waals surface area contributed by atoms with Crippen LogP contribution < -0.4 is 10.2 Å². The molecule has 176 valence electrons. The van der Waals surface area contributed by atoms with Crippen molar-refractivity contribution in [2.24, 2.45) is 0 Å². The number of aryl methyl sites for hydroxylation is 1. The second kappa shape index (κ2) is 9.51. The zero-order valence-electron chi connectivity index (χ0n) is 20.3. The summed E-state index contributed by atoms with van der Waals surface area (Å²) >= 11 is 0. The fourth-order valence-corrected chi connectivity index (χ4v) is 5.07. The van der Waals surface area contributed by atoms with E-state index in [4.69, 9.17) is 4.42 Å². The van der Waals surface area contributed by atoms with Crippen LogP contribution in [0.15, 0.2) is 65.1 Å². The van der Waals surface area contributed by atoms with E-state index >= 15 is 0 Å². The van der Waals surface area contributed by atoms with Gasteiger partial charge in [0.1, 0.15) is 11.2 Å². The van der Waals surface area contributed by atoms with Gasteiger partial charge in [-0.1, -0.05) is 43.7 Å². The molecule has 1 aliphatic heterocycles. The molecule has 1 aromatic heterocycles. The molecule has 34 heavy (non-hydrogen) atoms. The van der Waals surface area contributed by atoms with E-state index < -0.39 is 0 Å². The van der Waals surface area contributed by atoms with E-state index in [-0.39, 0.29) is 12.1 Å². The van der Waals surface area contributed by atoms with Crippen molar-refractivity contribution >= 4 is 33.5 Å². The summed E-state index contributed by atoms with van der Waals surface area (Å²) in [5.74, 6) is -0.0254. The predicted octanol–water partition coefficient (Wildman–Crippen LogP) is 5.88. The topological polar surface area (TPSA) is 48.7 Å². The first-order chi connectivity index (χ1) is 16.5. The average Bonchev–Trinajstić information content (AvgIpc) is 3.23. The van der Waals surface area contributed by atoms with Crippen molar-refractivity contribution in [1.82, 2.24) is 10.2 Å². The molecule has 5 heteroatoms. The van der Waals surface area contributed by atoms with Crippen molar-refractivity contribution in [2.45, 2.75) is 39.8 Å². The van der Waals surface area contributed by atoms with Crippen LogP contribution in [0.2, 0.25) is 0 Å². The van der Waals surface area contributed by atoms with Gasteiger partial charge in [-0.25, -0.2) is 0 Å². The number of benzene rings is 3. The Balaban J connectivity index is 1.30. The van der Waals surface area contributed by atoms with E-state index in [0.717, 1.165) is 61.0 Å². The molecule has 2 heterocycles. The van der Waals surface area contributed by atoms with Crippen molar-refractivity contribution < 1.29 is 9.21 Å². The van der Waals surface area contributed by atoms with E-state index in [9.17, 15) is 4.79 Å². The number of carbonyl (C=O) groups excluding carboxylic acids is 1. The zero-order chi connectivity index (χ0) is 23.7. The van der Waals surface area contributed by atoms with Gasteiger partial charge in [0.05, 0.1) is 6.17 Å². The smallest absolute Gasteiger partial charge is 0.252 e. The Hall–Kier alpha value is -3.31. The largest absolute Gasteiger partial charge is 0.456 e. The van der Waals surface area contributed by atoms with Crippen LogP contribution >= 0.6 is 0 Å². The number of rotatable bonds is 6. The second-order valence-corrected chi connectivity index (χ2v) is 9.33. The van der Waals surface area contributed by atoms with Crippen LogP contribution in [-0.4, -0.2) is 43.2 Å². The maximum atomic E-state index is 13.3. The number of carbonyl (C=O) groups is 1. The van der Waals surface area contributed by atoms with Gasteiger partial charge < -0.3 is 14.6 Å². The molecule has 3 aromatic carbocycles. The van der Waals surface area contributed by atoms with Gasteiger partial charge >= 0.3 is 0 Å². The Morgan fingerprint density at radius 1 is 0.941 bits per heavy atom. The first kappa shape index (κ1) is 22.5. The van der Waals surface area contributed by atoms with Gasteiger partial charge in [0, 0.05) is 48.2 Å². The SMILES string of the molecule is CCCC(NC(=O)c1ccc2oc3ccccc3c2c1)N1CCN(c2cccc(C)c2C)CC1. The van der Waals surface area contributed by atoms with Gasteiger partial charge in [-0.15, -0.1) is 0 Å². The lowest BCUT2D eigenvalue weighted by Crippen LogP contribution is -2.56. The maximum absolute atomic E-state index is 13.3. The molecular formula is C29H33N3O2. The molecule has 5 rings (SSSR count). The summed E-state index contributed by atoms with van der Waals surface area (Å²) in [6, 6.07) is 20.2. The number of hydrogen-bond donors (Lipinski definition) is 1. The van der Waals surface area contributed by atoms with Crippen molar-refractivity contribution in [2.75, 3.05) is 31.1 Å². The number of amides is 1. The normalized spacial score (nSPS) is 15.7. The average molecular weight is 456 g/mol. The third kappa shape index (κ3) is 4.28. The molecule has 0 radical (unpaired) electrons. The molecule has 0 spiro atoms. The van der Waals surface area contributed by atoms with Crippen molar-refractivity contribution in [1.29, 1.82) is 0 Å². The van der Waals surface area contributed by atoms with E-state index in [1.165, 1.54) is 16.8 Å². The Bertz CT molecular complexity index is 1320. The maximum Gasteiger partial charge on any atom is 0.252 e. The molecule has 1 atom stereocenters. The number of furan rings is 1. The second-order valence-electron chi connectivity index (χ2n) is 9.33. The van der Waals surface area contributed by atoms with Crippen LogP contribution in [0.1, 0.15) is 41.3 Å². The fraction of sp³-hybridized carbons (Fsp3) is 0.345. The minimum Gasteiger partial charge on any atom is -0.456 e.